The number of hydrogen-bond acceptors (Lipinski definition) is 3. The molecule has 2 amide bonds. The first-order valence-electron chi connectivity index (χ1n) is 13.7. The van der Waals surface area contributed by atoms with E-state index in [-0.39, 0.29) is 11.7 Å². The summed E-state index contributed by atoms with van der Waals surface area (Å²) in [6.07, 6.45) is 10.1. The van der Waals surface area contributed by atoms with Crippen LogP contribution in [-0.4, -0.2) is 34.4 Å². The molecule has 2 fully saturated rings. The monoisotopic (exact) mass is 504 g/mol. The third-order valence-electron chi connectivity index (χ3n) is 8.02. The maximum atomic E-state index is 13.5. The molecule has 1 aliphatic heterocycles. The molecule has 0 atom stereocenters. The van der Waals surface area contributed by atoms with Gasteiger partial charge in [0, 0.05) is 41.7 Å². The van der Waals surface area contributed by atoms with Crippen molar-refractivity contribution >= 4 is 28.4 Å². The van der Waals surface area contributed by atoms with E-state index in [1.54, 1.807) is 12.1 Å². The Hall–Kier alpha value is -3.19. The molecule has 0 spiro atoms. The maximum Gasteiger partial charge on any atom is 0.265 e. The lowest BCUT2D eigenvalue weighted by Gasteiger charge is -2.21. The molecule has 1 saturated carbocycles. The molecule has 3 N–H and O–H groups in total. The molecule has 2 aromatic carbocycles. The summed E-state index contributed by atoms with van der Waals surface area (Å²) in [7, 11) is 0. The summed E-state index contributed by atoms with van der Waals surface area (Å²) >= 11 is 0. The first-order valence-corrected chi connectivity index (χ1v) is 13.7. The molecule has 0 unspecified atom stereocenters. The SMILES string of the molecule is NC(=O)c1c(CN2CCCC2)c2cc(NC(=O)CCC3CCCCC3)ccc2n1Cc1ccc(F)cc1. The summed E-state index contributed by atoms with van der Waals surface area (Å²) in [6, 6.07) is 12.1. The Kier molecular flexibility index (Phi) is 7.89. The van der Waals surface area contributed by atoms with E-state index >= 15 is 0 Å². The highest BCUT2D eigenvalue weighted by atomic mass is 19.1. The zero-order chi connectivity index (χ0) is 25.8. The minimum Gasteiger partial charge on any atom is -0.364 e. The van der Waals surface area contributed by atoms with Crippen molar-refractivity contribution in [1.29, 1.82) is 0 Å². The number of aromatic nitrogens is 1. The number of rotatable bonds is 9. The van der Waals surface area contributed by atoms with Crippen LogP contribution in [0.3, 0.4) is 0 Å². The summed E-state index contributed by atoms with van der Waals surface area (Å²) in [5.41, 5.74) is 9.82. The topological polar surface area (TPSA) is 80.4 Å². The number of fused-ring (bicyclic) bond motifs is 1. The summed E-state index contributed by atoms with van der Waals surface area (Å²) in [5.74, 6) is -0.0834. The molecule has 2 aliphatic rings. The van der Waals surface area contributed by atoms with Crippen molar-refractivity contribution in [2.45, 2.75) is 70.9 Å². The van der Waals surface area contributed by atoms with E-state index in [2.05, 4.69) is 10.2 Å². The smallest absolute Gasteiger partial charge is 0.265 e. The molecule has 2 heterocycles. The van der Waals surface area contributed by atoms with Crippen LogP contribution < -0.4 is 11.1 Å². The number of anilines is 1. The standard InChI is InChI=1S/C30H37FN4O2/c31-23-11-8-22(9-12-23)19-35-27-14-13-24(33-28(36)15-10-21-6-2-1-3-7-21)18-25(27)26(29(35)30(32)37)20-34-16-4-5-17-34/h8-9,11-14,18,21H,1-7,10,15-17,19-20H2,(H2,32,37)(H,33,36). The van der Waals surface area contributed by atoms with Crippen LogP contribution in [0.5, 0.6) is 0 Å². The number of amides is 2. The molecule has 1 aromatic heterocycles. The highest BCUT2D eigenvalue weighted by Gasteiger charge is 2.25. The first kappa shape index (κ1) is 25.5. The maximum absolute atomic E-state index is 13.5. The van der Waals surface area contributed by atoms with E-state index in [0.29, 0.717) is 31.1 Å². The van der Waals surface area contributed by atoms with Crippen molar-refractivity contribution in [2.75, 3.05) is 18.4 Å². The van der Waals surface area contributed by atoms with Crippen LogP contribution in [0, 0.1) is 11.7 Å². The van der Waals surface area contributed by atoms with Crippen LogP contribution in [-0.2, 0) is 17.9 Å². The molecule has 0 bridgehead atoms. The second-order valence-electron chi connectivity index (χ2n) is 10.7. The van der Waals surface area contributed by atoms with Gasteiger partial charge in [-0.15, -0.1) is 0 Å². The van der Waals surface area contributed by atoms with Crippen molar-refractivity contribution in [3.05, 3.63) is 65.1 Å². The minimum absolute atomic E-state index is 0.0342. The lowest BCUT2D eigenvalue weighted by atomic mass is 9.86. The van der Waals surface area contributed by atoms with Gasteiger partial charge in [-0.2, -0.15) is 0 Å². The molecule has 1 aliphatic carbocycles. The number of nitrogens with one attached hydrogen (secondary N) is 1. The number of carbonyl (C=O) groups excluding carboxylic acids is 2. The van der Waals surface area contributed by atoms with Gasteiger partial charge in [-0.1, -0.05) is 44.2 Å². The van der Waals surface area contributed by atoms with Crippen LogP contribution in [0.1, 0.15) is 79.4 Å². The first-order chi connectivity index (χ1) is 18.0. The van der Waals surface area contributed by atoms with E-state index in [1.165, 1.54) is 44.2 Å². The Morgan fingerprint density at radius 1 is 0.946 bits per heavy atom. The zero-order valence-corrected chi connectivity index (χ0v) is 21.5. The lowest BCUT2D eigenvalue weighted by Crippen LogP contribution is -2.23. The summed E-state index contributed by atoms with van der Waals surface area (Å²) < 4.78 is 15.4. The van der Waals surface area contributed by atoms with Crippen molar-refractivity contribution in [1.82, 2.24) is 9.47 Å². The van der Waals surface area contributed by atoms with E-state index < -0.39 is 5.91 Å². The van der Waals surface area contributed by atoms with Crippen LogP contribution in [0.25, 0.3) is 10.9 Å². The Morgan fingerprint density at radius 2 is 1.68 bits per heavy atom. The van der Waals surface area contributed by atoms with E-state index in [4.69, 9.17) is 5.73 Å². The highest BCUT2D eigenvalue weighted by molar-refractivity contribution is 6.03. The van der Waals surface area contributed by atoms with Gasteiger partial charge >= 0.3 is 0 Å². The fourth-order valence-corrected chi connectivity index (χ4v) is 6.08. The van der Waals surface area contributed by atoms with Crippen molar-refractivity contribution in [3.8, 4) is 0 Å². The Balaban J connectivity index is 1.45. The van der Waals surface area contributed by atoms with Crippen molar-refractivity contribution < 1.29 is 14.0 Å². The third kappa shape index (κ3) is 6.04. The van der Waals surface area contributed by atoms with Gasteiger partial charge in [-0.3, -0.25) is 14.5 Å². The average molecular weight is 505 g/mol. The number of hydrogen-bond donors (Lipinski definition) is 2. The van der Waals surface area contributed by atoms with Crippen molar-refractivity contribution in [2.24, 2.45) is 11.7 Å². The van der Waals surface area contributed by atoms with Crippen LogP contribution in [0.2, 0.25) is 0 Å². The fourth-order valence-electron chi connectivity index (χ4n) is 6.08. The number of benzene rings is 2. The summed E-state index contributed by atoms with van der Waals surface area (Å²) in [4.78, 5) is 27.9. The fraction of sp³-hybridized carbons (Fsp3) is 0.467. The molecule has 196 valence electrons. The van der Waals surface area contributed by atoms with Gasteiger partial charge in [-0.05, 0) is 74.2 Å². The normalized spacial score (nSPS) is 16.9. The van der Waals surface area contributed by atoms with Gasteiger partial charge in [0.15, 0.2) is 0 Å². The van der Waals surface area contributed by atoms with Gasteiger partial charge in [0.05, 0.1) is 0 Å². The summed E-state index contributed by atoms with van der Waals surface area (Å²) in [6.45, 7) is 3.01. The minimum atomic E-state index is -0.481. The number of carbonyl (C=O) groups is 2. The molecule has 6 nitrogen and oxygen atoms in total. The molecule has 37 heavy (non-hydrogen) atoms. The zero-order valence-electron chi connectivity index (χ0n) is 21.5. The lowest BCUT2D eigenvalue weighted by molar-refractivity contribution is -0.116. The Morgan fingerprint density at radius 3 is 2.38 bits per heavy atom. The number of halogens is 1. The van der Waals surface area contributed by atoms with Gasteiger partial charge in [0.1, 0.15) is 11.5 Å². The van der Waals surface area contributed by atoms with Crippen LogP contribution in [0.15, 0.2) is 42.5 Å². The van der Waals surface area contributed by atoms with Gasteiger partial charge in [0.2, 0.25) is 5.91 Å². The Bertz CT molecular complexity index is 1250. The molecule has 5 rings (SSSR count). The van der Waals surface area contributed by atoms with Gasteiger partial charge < -0.3 is 15.6 Å². The largest absolute Gasteiger partial charge is 0.364 e. The highest BCUT2D eigenvalue weighted by Crippen LogP contribution is 2.32. The van der Waals surface area contributed by atoms with E-state index in [9.17, 15) is 14.0 Å². The van der Waals surface area contributed by atoms with Gasteiger partial charge in [-0.25, -0.2) is 4.39 Å². The number of primary amides is 1. The third-order valence-corrected chi connectivity index (χ3v) is 8.02. The van der Waals surface area contributed by atoms with E-state index in [1.807, 2.05) is 22.8 Å². The Labute approximate surface area is 218 Å². The molecule has 3 aromatic rings. The predicted molar refractivity (Wildman–Crippen MR) is 145 cm³/mol. The molecule has 7 heteroatoms. The second kappa shape index (κ2) is 11.5. The molecule has 0 radical (unpaired) electrons. The van der Waals surface area contributed by atoms with Crippen LogP contribution >= 0.6 is 0 Å². The van der Waals surface area contributed by atoms with E-state index in [0.717, 1.165) is 60.1 Å². The average Bonchev–Trinajstić information content (AvgIpc) is 3.51. The number of likely N-dealkylation sites (tertiary alicyclic amines) is 1. The van der Waals surface area contributed by atoms with Crippen molar-refractivity contribution in [3.63, 3.8) is 0 Å². The molecular weight excluding hydrogens is 467 g/mol. The predicted octanol–water partition coefficient (Wildman–Crippen LogP) is 5.82. The molecular formula is C30H37FN4O2. The summed E-state index contributed by atoms with van der Waals surface area (Å²) in [5, 5.41) is 4.01. The molecule has 1 saturated heterocycles. The number of nitrogens with two attached hydrogens (primary N) is 1. The van der Waals surface area contributed by atoms with Gasteiger partial charge in [0.25, 0.3) is 5.91 Å². The second-order valence-corrected chi connectivity index (χ2v) is 10.7. The quantitative estimate of drug-likeness (QED) is 0.385. The number of nitrogens with zero attached hydrogens (tertiary/aromatic N) is 2. The van der Waals surface area contributed by atoms with Crippen LogP contribution in [0.4, 0.5) is 10.1 Å².